The second kappa shape index (κ2) is 8.26. The highest BCUT2D eigenvalue weighted by Gasteiger charge is 2.46. The first-order valence-corrected chi connectivity index (χ1v) is 9.93. The van der Waals surface area contributed by atoms with E-state index in [2.05, 4.69) is 19.8 Å². The molecule has 2 fully saturated rings. The van der Waals surface area contributed by atoms with Crippen LogP contribution in [0.5, 0.6) is 11.5 Å². The fourth-order valence-electron chi connectivity index (χ4n) is 4.69. The van der Waals surface area contributed by atoms with Gasteiger partial charge in [-0.3, -0.25) is 4.79 Å². The van der Waals surface area contributed by atoms with Gasteiger partial charge in [0.15, 0.2) is 6.61 Å². The fourth-order valence-corrected chi connectivity index (χ4v) is 4.69. The molecule has 1 aromatic carbocycles. The first kappa shape index (κ1) is 20.3. The van der Waals surface area contributed by atoms with Gasteiger partial charge in [0.25, 0.3) is 0 Å². The molecule has 3 rings (SSSR count). The minimum atomic E-state index is -0.474. The van der Waals surface area contributed by atoms with E-state index >= 15 is 0 Å². The summed E-state index contributed by atoms with van der Waals surface area (Å²) in [6, 6.07) is 4.77. The number of esters is 2. The second-order valence-electron chi connectivity index (χ2n) is 8.39. The van der Waals surface area contributed by atoms with Crippen LogP contribution < -0.4 is 9.47 Å². The molecule has 0 N–H and O–H groups in total. The van der Waals surface area contributed by atoms with E-state index in [1.165, 1.54) is 19.4 Å². The number of hydrogen-bond acceptors (Lipinski definition) is 5. The van der Waals surface area contributed by atoms with Crippen molar-refractivity contribution in [1.29, 1.82) is 0 Å². The molecule has 2 aliphatic carbocycles. The smallest absolute Gasteiger partial charge is 0.344 e. The summed E-state index contributed by atoms with van der Waals surface area (Å²) in [5, 5.41) is 0. The fraction of sp³-hybridized carbons (Fsp3) is 0.565. The van der Waals surface area contributed by atoms with Gasteiger partial charge >= 0.3 is 11.9 Å². The number of hydrogen-bond donors (Lipinski definition) is 0. The quantitative estimate of drug-likeness (QED) is 0.434. The van der Waals surface area contributed by atoms with E-state index in [1.807, 2.05) is 0 Å². The van der Waals surface area contributed by atoms with Crippen LogP contribution in [0.4, 0.5) is 0 Å². The summed E-state index contributed by atoms with van der Waals surface area (Å²) in [5.74, 6) is 4.11. The Kier molecular flexibility index (Phi) is 5.98. The Morgan fingerprint density at radius 1 is 1.29 bits per heavy atom. The van der Waals surface area contributed by atoms with E-state index in [-0.39, 0.29) is 18.3 Å². The molecule has 0 aliphatic heterocycles. The maximum Gasteiger partial charge on any atom is 0.344 e. The summed E-state index contributed by atoms with van der Waals surface area (Å²) >= 11 is 0. The van der Waals surface area contributed by atoms with Crippen molar-refractivity contribution in [3.8, 4) is 23.8 Å². The van der Waals surface area contributed by atoms with Gasteiger partial charge in [-0.05, 0) is 68.9 Å². The summed E-state index contributed by atoms with van der Waals surface area (Å²) in [4.78, 5) is 23.7. The molecular formula is C23H28O5. The van der Waals surface area contributed by atoms with Gasteiger partial charge in [0.1, 0.15) is 17.1 Å². The summed E-state index contributed by atoms with van der Waals surface area (Å²) in [6.45, 7) is 5.45. The second-order valence-corrected chi connectivity index (χ2v) is 8.39. The topological polar surface area (TPSA) is 61.8 Å². The van der Waals surface area contributed by atoms with E-state index in [0.717, 1.165) is 31.6 Å². The molecule has 5 nitrogen and oxygen atoms in total. The van der Waals surface area contributed by atoms with Crippen LogP contribution in [-0.4, -0.2) is 24.1 Å². The molecular weight excluding hydrogens is 356 g/mol. The van der Waals surface area contributed by atoms with Crippen molar-refractivity contribution in [1.82, 2.24) is 0 Å². The lowest BCUT2D eigenvalue weighted by molar-refractivity contribution is -0.176. The SMILES string of the molecule is C#Cc1ccc(OCC(=O)OC2(C)CCC3CC(C)CC2C3)cc1OC(C)=O. The molecule has 1 aromatic rings. The molecule has 150 valence electrons. The molecule has 4 unspecified atom stereocenters. The summed E-state index contributed by atoms with van der Waals surface area (Å²) < 4.78 is 16.6. The minimum absolute atomic E-state index is 0.198. The lowest BCUT2D eigenvalue weighted by atomic mass is 9.62. The number of rotatable bonds is 5. The highest BCUT2D eigenvalue weighted by atomic mass is 16.6. The molecule has 4 atom stereocenters. The number of ether oxygens (including phenoxy) is 3. The Hall–Kier alpha value is -2.48. The van der Waals surface area contributed by atoms with Crippen molar-refractivity contribution in [3.05, 3.63) is 23.8 Å². The standard InChI is InChI=1S/C23H28O5/c1-5-18-6-7-20(13-21(18)27-16(3)24)26-14-22(25)28-23(4)9-8-17-10-15(2)11-19(23)12-17/h1,6-7,13,15,17,19H,8-12,14H2,2-4H3. The van der Waals surface area contributed by atoms with Crippen LogP contribution in [0.2, 0.25) is 0 Å². The van der Waals surface area contributed by atoms with Gasteiger partial charge in [-0.2, -0.15) is 0 Å². The molecule has 2 bridgehead atoms. The van der Waals surface area contributed by atoms with E-state index in [9.17, 15) is 9.59 Å². The van der Waals surface area contributed by atoms with Crippen LogP contribution in [0.1, 0.15) is 58.4 Å². The van der Waals surface area contributed by atoms with E-state index in [0.29, 0.717) is 23.1 Å². The Morgan fingerprint density at radius 3 is 2.79 bits per heavy atom. The van der Waals surface area contributed by atoms with Gasteiger partial charge in [-0.25, -0.2) is 4.79 Å². The van der Waals surface area contributed by atoms with Gasteiger partial charge < -0.3 is 14.2 Å². The Balaban J connectivity index is 1.60. The molecule has 0 spiro atoms. The first-order chi connectivity index (χ1) is 13.3. The predicted octanol–water partition coefficient (Wildman–Crippen LogP) is 4.12. The third-order valence-electron chi connectivity index (χ3n) is 6.02. The largest absolute Gasteiger partial charge is 0.482 e. The average Bonchev–Trinajstić information content (AvgIpc) is 2.63. The maximum atomic E-state index is 12.5. The maximum absolute atomic E-state index is 12.5. The van der Waals surface area contributed by atoms with Crippen LogP contribution in [0, 0.1) is 30.1 Å². The summed E-state index contributed by atoms with van der Waals surface area (Å²) in [7, 11) is 0. The molecule has 2 saturated carbocycles. The zero-order chi connectivity index (χ0) is 20.3. The van der Waals surface area contributed by atoms with Gasteiger partial charge in [-0.15, -0.1) is 6.42 Å². The highest BCUT2D eigenvalue weighted by molar-refractivity contribution is 5.72. The number of carbonyl (C=O) groups is 2. The van der Waals surface area contributed by atoms with Crippen molar-refractivity contribution < 1.29 is 23.8 Å². The monoisotopic (exact) mass is 384 g/mol. The lowest BCUT2D eigenvalue weighted by Crippen LogP contribution is -2.47. The first-order valence-electron chi connectivity index (χ1n) is 9.93. The normalized spacial score (nSPS) is 28.7. The molecule has 0 amide bonds. The summed E-state index contributed by atoms with van der Waals surface area (Å²) in [6.07, 6.45) is 11.0. The van der Waals surface area contributed by atoms with Crippen molar-refractivity contribution in [2.45, 2.75) is 58.5 Å². The minimum Gasteiger partial charge on any atom is -0.482 e. The van der Waals surface area contributed by atoms with Crippen molar-refractivity contribution in [3.63, 3.8) is 0 Å². The summed E-state index contributed by atoms with van der Waals surface area (Å²) in [5.41, 5.74) is 0.0304. The molecule has 0 radical (unpaired) electrons. The third-order valence-corrected chi connectivity index (χ3v) is 6.02. The number of fused-ring (bicyclic) bond motifs is 2. The van der Waals surface area contributed by atoms with Crippen LogP contribution in [0.25, 0.3) is 0 Å². The van der Waals surface area contributed by atoms with Gasteiger partial charge in [0, 0.05) is 13.0 Å². The number of terminal acetylenes is 1. The van der Waals surface area contributed by atoms with Gasteiger partial charge in [0.05, 0.1) is 5.56 Å². The highest BCUT2D eigenvalue weighted by Crippen LogP contribution is 2.48. The molecule has 0 heterocycles. The van der Waals surface area contributed by atoms with Crippen LogP contribution in [0.15, 0.2) is 18.2 Å². The van der Waals surface area contributed by atoms with Crippen molar-refractivity contribution in [2.24, 2.45) is 17.8 Å². The Labute approximate surface area is 166 Å². The molecule has 0 saturated heterocycles. The van der Waals surface area contributed by atoms with Crippen LogP contribution >= 0.6 is 0 Å². The van der Waals surface area contributed by atoms with Crippen LogP contribution in [0.3, 0.4) is 0 Å². The Morgan fingerprint density at radius 2 is 2.07 bits per heavy atom. The molecule has 0 aromatic heterocycles. The lowest BCUT2D eigenvalue weighted by Gasteiger charge is -2.48. The van der Waals surface area contributed by atoms with E-state index < -0.39 is 11.6 Å². The molecule has 2 aliphatic rings. The molecule has 5 heteroatoms. The van der Waals surface area contributed by atoms with Crippen molar-refractivity contribution >= 4 is 11.9 Å². The van der Waals surface area contributed by atoms with Crippen molar-refractivity contribution in [2.75, 3.05) is 6.61 Å². The van der Waals surface area contributed by atoms with Gasteiger partial charge in [-0.1, -0.05) is 12.8 Å². The zero-order valence-electron chi connectivity index (χ0n) is 16.8. The predicted molar refractivity (Wildman–Crippen MR) is 105 cm³/mol. The third kappa shape index (κ3) is 4.67. The number of carbonyl (C=O) groups excluding carboxylic acids is 2. The Bertz CT molecular complexity index is 791. The van der Waals surface area contributed by atoms with E-state index in [4.69, 9.17) is 20.6 Å². The molecule has 28 heavy (non-hydrogen) atoms. The van der Waals surface area contributed by atoms with Crippen LogP contribution in [-0.2, 0) is 14.3 Å². The van der Waals surface area contributed by atoms with E-state index in [1.54, 1.807) is 12.1 Å². The zero-order valence-corrected chi connectivity index (χ0v) is 16.8. The van der Waals surface area contributed by atoms with Gasteiger partial charge in [0.2, 0.25) is 0 Å². The average molecular weight is 384 g/mol. The number of benzene rings is 1.